The predicted octanol–water partition coefficient (Wildman–Crippen LogP) is 4.39. The molecule has 1 rings (SSSR count). The third-order valence-electron chi connectivity index (χ3n) is 3.88. The zero-order valence-corrected chi connectivity index (χ0v) is 12.5. The molecule has 1 atom stereocenters. The Hall–Kier alpha value is -0.820. The monoisotopic (exact) mass is 247 g/mol. The van der Waals surface area contributed by atoms with Crippen molar-refractivity contribution < 1.29 is 0 Å². The molecule has 0 saturated heterocycles. The van der Waals surface area contributed by atoms with E-state index in [1.807, 2.05) is 0 Å². The van der Waals surface area contributed by atoms with E-state index >= 15 is 0 Å². The van der Waals surface area contributed by atoms with Crippen LogP contribution in [0.1, 0.15) is 56.2 Å². The van der Waals surface area contributed by atoms with Crippen molar-refractivity contribution in [2.24, 2.45) is 11.7 Å². The van der Waals surface area contributed by atoms with Gasteiger partial charge >= 0.3 is 0 Å². The van der Waals surface area contributed by atoms with Crippen molar-refractivity contribution in [1.82, 2.24) is 0 Å². The molecule has 0 fully saturated rings. The number of rotatable bonds is 7. The summed E-state index contributed by atoms with van der Waals surface area (Å²) < 4.78 is 0. The van der Waals surface area contributed by atoms with Crippen LogP contribution in [-0.2, 0) is 6.42 Å². The average Bonchev–Trinajstić information content (AvgIpc) is 2.33. The molecule has 1 nitrogen and oxygen atoms in total. The Balaban J connectivity index is 2.71. The van der Waals surface area contributed by atoms with Crippen molar-refractivity contribution in [1.29, 1.82) is 0 Å². The second-order valence-corrected chi connectivity index (χ2v) is 5.64. The maximum atomic E-state index is 6.44. The molecule has 1 aromatic rings. The van der Waals surface area contributed by atoms with E-state index in [1.54, 1.807) is 0 Å². The molecular formula is C17H29N. The van der Waals surface area contributed by atoms with E-state index in [9.17, 15) is 0 Å². The highest BCUT2D eigenvalue weighted by atomic mass is 14.6. The van der Waals surface area contributed by atoms with Crippen LogP contribution in [0.15, 0.2) is 18.2 Å². The number of hydrogen-bond donors (Lipinski definition) is 1. The van der Waals surface area contributed by atoms with Crippen molar-refractivity contribution in [3.63, 3.8) is 0 Å². The second-order valence-electron chi connectivity index (χ2n) is 5.64. The van der Waals surface area contributed by atoms with E-state index in [-0.39, 0.29) is 0 Å². The molecule has 102 valence electrons. The molecule has 0 amide bonds. The molecule has 0 aliphatic heterocycles. The summed E-state index contributed by atoms with van der Waals surface area (Å²) >= 11 is 0. The summed E-state index contributed by atoms with van der Waals surface area (Å²) in [4.78, 5) is 0. The smallest absolute Gasteiger partial charge is 0.0108 e. The van der Waals surface area contributed by atoms with E-state index in [0.717, 1.165) is 6.42 Å². The van der Waals surface area contributed by atoms with Crippen LogP contribution < -0.4 is 5.73 Å². The third-order valence-corrected chi connectivity index (χ3v) is 3.88. The minimum atomic E-state index is 0.311. The molecule has 0 spiro atoms. The van der Waals surface area contributed by atoms with E-state index in [1.165, 1.54) is 42.4 Å². The van der Waals surface area contributed by atoms with Gasteiger partial charge in [-0.2, -0.15) is 0 Å². The maximum Gasteiger partial charge on any atom is 0.0108 e. The van der Waals surface area contributed by atoms with Crippen molar-refractivity contribution in [3.8, 4) is 0 Å². The Bertz CT molecular complexity index is 351. The predicted molar refractivity (Wildman–Crippen MR) is 80.9 cm³/mol. The van der Waals surface area contributed by atoms with Crippen LogP contribution in [0.4, 0.5) is 0 Å². The Labute approximate surface area is 113 Å². The van der Waals surface area contributed by atoms with Gasteiger partial charge in [0.25, 0.3) is 0 Å². The highest BCUT2D eigenvalue weighted by Crippen LogP contribution is 2.21. The van der Waals surface area contributed by atoms with Crippen LogP contribution >= 0.6 is 0 Å². The maximum absolute atomic E-state index is 6.44. The van der Waals surface area contributed by atoms with Crippen molar-refractivity contribution >= 4 is 0 Å². The van der Waals surface area contributed by atoms with Gasteiger partial charge in [-0.1, -0.05) is 50.5 Å². The first-order chi connectivity index (χ1) is 8.58. The fourth-order valence-corrected chi connectivity index (χ4v) is 2.75. The highest BCUT2D eigenvalue weighted by molar-refractivity contribution is 5.31. The minimum Gasteiger partial charge on any atom is -0.327 e. The first-order valence-corrected chi connectivity index (χ1v) is 7.40. The van der Waals surface area contributed by atoms with Gasteiger partial charge in [-0.3, -0.25) is 0 Å². The summed E-state index contributed by atoms with van der Waals surface area (Å²) in [5, 5.41) is 0. The van der Waals surface area contributed by atoms with Crippen LogP contribution in [0.3, 0.4) is 0 Å². The largest absolute Gasteiger partial charge is 0.327 e. The van der Waals surface area contributed by atoms with E-state index < -0.39 is 0 Å². The molecule has 0 aliphatic carbocycles. The van der Waals surface area contributed by atoms with Gasteiger partial charge in [0, 0.05) is 6.04 Å². The number of nitrogens with two attached hydrogens (primary N) is 1. The van der Waals surface area contributed by atoms with Crippen LogP contribution in [-0.4, -0.2) is 6.04 Å². The normalized spacial score (nSPS) is 13.0. The fourth-order valence-electron chi connectivity index (χ4n) is 2.75. The molecule has 2 N–H and O–H groups in total. The lowest BCUT2D eigenvalue weighted by Gasteiger charge is -2.24. The van der Waals surface area contributed by atoms with Crippen molar-refractivity contribution in [2.45, 2.75) is 65.8 Å². The zero-order chi connectivity index (χ0) is 13.5. The van der Waals surface area contributed by atoms with Crippen LogP contribution in [0.5, 0.6) is 0 Å². The molecule has 1 unspecified atom stereocenters. The Kier molecular flexibility index (Phi) is 6.42. The molecule has 18 heavy (non-hydrogen) atoms. The minimum absolute atomic E-state index is 0.311. The van der Waals surface area contributed by atoms with Crippen molar-refractivity contribution in [3.05, 3.63) is 34.9 Å². The summed E-state index contributed by atoms with van der Waals surface area (Å²) in [6, 6.07) is 7.00. The first kappa shape index (κ1) is 15.2. The SMILES string of the molecule is CCCC(CCC)C(N)Cc1cc(C)ccc1C. The summed E-state index contributed by atoms with van der Waals surface area (Å²) in [5.74, 6) is 0.680. The second kappa shape index (κ2) is 7.58. The molecule has 1 aromatic carbocycles. The lowest BCUT2D eigenvalue weighted by Crippen LogP contribution is -2.32. The van der Waals surface area contributed by atoms with Gasteiger partial charge in [0.15, 0.2) is 0 Å². The van der Waals surface area contributed by atoms with Crippen molar-refractivity contribution in [2.75, 3.05) is 0 Å². The molecule has 0 aliphatic rings. The molecule has 0 bridgehead atoms. The van der Waals surface area contributed by atoms with Gasteiger partial charge in [-0.05, 0) is 50.2 Å². The lowest BCUT2D eigenvalue weighted by molar-refractivity contribution is 0.359. The molecular weight excluding hydrogens is 218 g/mol. The molecule has 0 saturated carbocycles. The zero-order valence-electron chi connectivity index (χ0n) is 12.5. The quantitative estimate of drug-likeness (QED) is 0.760. The molecule has 0 heterocycles. The molecule has 0 radical (unpaired) electrons. The summed E-state index contributed by atoms with van der Waals surface area (Å²) in [5.41, 5.74) is 10.6. The number of benzene rings is 1. The van der Waals surface area contributed by atoms with Crippen LogP contribution in [0, 0.1) is 19.8 Å². The summed E-state index contributed by atoms with van der Waals surface area (Å²) in [6.45, 7) is 8.86. The Morgan fingerprint density at radius 3 is 2.22 bits per heavy atom. The lowest BCUT2D eigenvalue weighted by atomic mass is 9.86. The van der Waals surface area contributed by atoms with E-state index in [2.05, 4.69) is 45.9 Å². The van der Waals surface area contributed by atoms with Gasteiger partial charge in [0.1, 0.15) is 0 Å². The fraction of sp³-hybridized carbons (Fsp3) is 0.647. The molecule has 0 aromatic heterocycles. The van der Waals surface area contributed by atoms with Gasteiger partial charge in [0.05, 0.1) is 0 Å². The van der Waals surface area contributed by atoms with Crippen LogP contribution in [0.2, 0.25) is 0 Å². The topological polar surface area (TPSA) is 26.0 Å². The van der Waals surface area contributed by atoms with E-state index in [4.69, 9.17) is 5.73 Å². The Morgan fingerprint density at radius 1 is 1.06 bits per heavy atom. The first-order valence-electron chi connectivity index (χ1n) is 7.40. The standard InChI is InChI=1S/C17H29N/c1-5-7-15(8-6-2)17(18)12-16-11-13(3)9-10-14(16)4/h9-11,15,17H,5-8,12,18H2,1-4H3. The van der Waals surface area contributed by atoms with Gasteiger partial charge in [0.2, 0.25) is 0 Å². The number of aryl methyl sites for hydroxylation is 2. The van der Waals surface area contributed by atoms with Gasteiger partial charge < -0.3 is 5.73 Å². The highest BCUT2D eigenvalue weighted by Gasteiger charge is 2.17. The van der Waals surface area contributed by atoms with Gasteiger partial charge in [-0.25, -0.2) is 0 Å². The van der Waals surface area contributed by atoms with Crippen LogP contribution in [0.25, 0.3) is 0 Å². The average molecular weight is 247 g/mol. The van der Waals surface area contributed by atoms with Gasteiger partial charge in [-0.15, -0.1) is 0 Å². The summed E-state index contributed by atoms with van der Waals surface area (Å²) in [7, 11) is 0. The third kappa shape index (κ3) is 4.45. The van der Waals surface area contributed by atoms with E-state index in [0.29, 0.717) is 12.0 Å². The molecule has 1 heteroatoms. The summed E-state index contributed by atoms with van der Waals surface area (Å²) in [6.07, 6.45) is 6.04. The Morgan fingerprint density at radius 2 is 1.67 bits per heavy atom. The number of hydrogen-bond acceptors (Lipinski definition) is 1.